The fraction of sp³-hybridized carbons (Fsp3) is 0.692. The summed E-state index contributed by atoms with van der Waals surface area (Å²) >= 11 is 1.93. The van der Waals surface area contributed by atoms with E-state index in [1.54, 1.807) is 0 Å². The average molecular weight is 238 g/mol. The number of hydrazine groups is 1. The number of nitrogens with one attached hydrogen (secondary N) is 1. The normalized spacial score (nSPS) is 19.7. The van der Waals surface area contributed by atoms with E-state index in [1.165, 1.54) is 22.6 Å². The molecule has 2 rings (SSSR count). The summed E-state index contributed by atoms with van der Waals surface area (Å²) in [5, 5.41) is 0. The standard InChI is InChI=1S/C13H22N2S/c1-3-11-6-7-12(16-11)8-13(15-14)9(2)10-4-5-10/h6-7,9-10,13,15H,3-5,8,14H2,1-2H3. The molecule has 1 aromatic heterocycles. The third-order valence-electron chi connectivity index (χ3n) is 3.70. The second kappa shape index (κ2) is 5.30. The molecule has 2 unspecified atom stereocenters. The van der Waals surface area contributed by atoms with Gasteiger partial charge in [0.1, 0.15) is 0 Å². The number of nitrogens with two attached hydrogens (primary N) is 1. The van der Waals surface area contributed by atoms with Crippen molar-refractivity contribution in [1.82, 2.24) is 5.43 Å². The third-order valence-corrected chi connectivity index (χ3v) is 4.95. The van der Waals surface area contributed by atoms with E-state index < -0.39 is 0 Å². The summed E-state index contributed by atoms with van der Waals surface area (Å²) in [6.07, 6.45) is 5.01. The van der Waals surface area contributed by atoms with Gasteiger partial charge in [0.15, 0.2) is 0 Å². The van der Waals surface area contributed by atoms with E-state index in [0.717, 1.165) is 18.8 Å². The van der Waals surface area contributed by atoms with E-state index >= 15 is 0 Å². The molecule has 90 valence electrons. The molecule has 1 aliphatic carbocycles. The Morgan fingerprint density at radius 1 is 1.44 bits per heavy atom. The van der Waals surface area contributed by atoms with Gasteiger partial charge in [-0.05, 0) is 49.7 Å². The highest BCUT2D eigenvalue weighted by Gasteiger charge is 2.32. The highest BCUT2D eigenvalue weighted by Crippen LogP contribution is 2.39. The van der Waals surface area contributed by atoms with E-state index in [0.29, 0.717) is 12.0 Å². The fourth-order valence-corrected chi connectivity index (χ4v) is 3.30. The maximum Gasteiger partial charge on any atom is 0.0287 e. The van der Waals surface area contributed by atoms with Crippen LogP contribution in [0, 0.1) is 11.8 Å². The zero-order valence-corrected chi connectivity index (χ0v) is 11.0. The molecule has 2 atom stereocenters. The van der Waals surface area contributed by atoms with Gasteiger partial charge in [-0.3, -0.25) is 11.3 Å². The van der Waals surface area contributed by atoms with Crippen LogP contribution in [0.3, 0.4) is 0 Å². The number of hydrogen-bond donors (Lipinski definition) is 2. The fourth-order valence-electron chi connectivity index (χ4n) is 2.29. The monoisotopic (exact) mass is 238 g/mol. The van der Waals surface area contributed by atoms with Crippen LogP contribution in [0.15, 0.2) is 12.1 Å². The predicted molar refractivity (Wildman–Crippen MR) is 70.4 cm³/mol. The molecule has 1 saturated carbocycles. The van der Waals surface area contributed by atoms with Gasteiger partial charge in [0.25, 0.3) is 0 Å². The molecule has 3 heteroatoms. The van der Waals surface area contributed by atoms with Gasteiger partial charge < -0.3 is 0 Å². The van der Waals surface area contributed by atoms with Gasteiger partial charge in [-0.25, -0.2) is 0 Å². The first-order valence-electron chi connectivity index (χ1n) is 6.28. The van der Waals surface area contributed by atoms with Crippen LogP contribution in [0.4, 0.5) is 0 Å². The van der Waals surface area contributed by atoms with Crippen molar-refractivity contribution in [2.24, 2.45) is 17.7 Å². The van der Waals surface area contributed by atoms with Gasteiger partial charge in [0.2, 0.25) is 0 Å². The number of thiophene rings is 1. The minimum Gasteiger partial charge on any atom is -0.271 e. The molecule has 1 fully saturated rings. The highest BCUT2D eigenvalue weighted by molar-refractivity contribution is 7.11. The Bertz CT molecular complexity index is 330. The average Bonchev–Trinajstić information content (AvgIpc) is 3.05. The zero-order valence-electron chi connectivity index (χ0n) is 10.2. The maximum absolute atomic E-state index is 5.68. The molecular formula is C13H22N2S. The summed E-state index contributed by atoms with van der Waals surface area (Å²) in [5.74, 6) is 7.30. The summed E-state index contributed by atoms with van der Waals surface area (Å²) in [7, 11) is 0. The molecule has 0 aliphatic heterocycles. The smallest absolute Gasteiger partial charge is 0.0287 e. The van der Waals surface area contributed by atoms with Crippen molar-refractivity contribution < 1.29 is 0 Å². The molecule has 3 N–H and O–H groups in total. The third kappa shape index (κ3) is 2.84. The minimum absolute atomic E-state index is 0.441. The van der Waals surface area contributed by atoms with Crippen molar-refractivity contribution in [3.63, 3.8) is 0 Å². The van der Waals surface area contributed by atoms with Gasteiger partial charge in [0.05, 0.1) is 0 Å². The van der Waals surface area contributed by atoms with Crippen molar-refractivity contribution in [2.45, 2.75) is 45.6 Å². The van der Waals surface area contributed by atoms with Gasteiger partial charge in [-0.2, -0.15) is 0 Å². The van der Waals surface area contributed by atoms with Gasteiger partial charge in [0, 0.05) is 15.8 Å². The van der Waals surface area contributed by atoms with Crippen molar-refractivity contribution >= 4 is 11.3 Å². The first kappa shape index (κ1) is 12.1. The van der Waals surface area contributed by atoms with Gasteiger partial charge >= 0.3 is 0 Å². The summed E-state index contributed by atoms with van der Waals surface area (Å²) in [6.45, 7) is 4.54. The van der Waals surface area contributed by atoms with Crippen molar-refractivity contribution in [3.05, 3.63) is 21.9 Å². The van der Waals surface area contributed by atoms with Crippen LogP contribution < -0.4 is 11.3 Å². The Kier molecular flexibility index (Phi) is 4.00. The molecule has 0 spiro atoms. The van der Waals surface area contributed by atoms with Crippen molar-refractivity contribution in [3.8, 4) is 0 Å². The summed E-state index contributed by atoms with van der Waals surface area (Å²) in [4.78, 5) is 2.94. The lowest BCUT2D eigenvalue weighted by Gasteiger charge is -2.22. The Morgan fingerprint density at radius 2 is 2.12 bits per heavy atom. The topological polar surface area (TPSA) is 38.0 Å². The minimum atomic E-state index is 0.441. The van der Waals surface area contributed by atoms with Crippen molar-refractivity contribution in [1.29, 1.82) is 0 Å². The van der Waals surface area contributed by atoms with Crippen LogP contribution in [0.25, 0.3) is 0 Å². The van der Waals surface area contributed by atoms with Crippen LogP contribution >= 0.6 is 11.3 Å². The van der Waals surface area contributed by atoms with E-state index in [1.807, 2.05) is 11.3 Å². The highest BCUT2D eigenvalue weighted by atomic mass is 32.1. The predicted octanol–water partition coefficient (Wildman–Crippen LogP) is 2.73. The molecule has 1 aromatic rings. The largest absolute Gasteiger partial charge is 0.271 e. The molecule has 2 nitrogen and oxygen atoms in total. The Balaban J connectivity index is 1.94. The molecule has 16 heavy (non-hydrogen) atoms. The molecule has 0 amide bonds. The van der Waals surface area contributed by atoms with Crippen LogP contribution in [0.1, 0.15) is 36.4 Å². The lowest BCUT2D eigenvalue weighted by molar-refractivity contribution is 0.345. The second-order valence-electron chi connectivity index (χ2n) is 4.90. The molecule has 0 saturated heterocycles. The van der Waals surface area contributed by atoms with Gasteiger partial charge in [-0.15, -0.1) is 11.3 Å². The Morgan fingerprint density at radius 3 is 2.62 bits per heavy atom. The van der Waals surface area contributed by atoms with Crippen LogP contribution in [0.5, 0.6) is 0 Å². The van der Waals surface area contributed by atoms with E-state index in [4.69, 9.17) is 5.84 Å². The summed E-state index contributed by atoms with van der Waals surface area (Å²) < 4.78 is 0. The number of hydrogen-bond acceptors (Lipinski definition) is 3. The van der Waals surface area contributed by atoms with Crippen LogP contribution in [-0.2, 0) is 12.8 Å². The van der Waals surface area contributed by atoms with Gasteiger partial charge in [-0.1, -0.05) is 13.8 Å². The molecule has 0 aromatic carbocycles. The van der Waals surface area contributed by atoms with E-state index in [-0.39, 0.29) is 0 Å². The quantitative estimate of drug-likeness (QED) is 0.591. The first-order valence-corrected chi connectivity index (χ1v) is 7.10. The summed E-state index contributed by atoms with van der Waals surface area (Å²) in [6, 6.07) is 4.94. The Hall–Kier alpha value is -0.380. The maximum atomic E-state index is 5.68. The van der Waals surface area contributed by atoms with Crippen molar-refractivity contribution in [2.75, 3.05) is 0 Å². The van der Waals surface area contributed by atoms with Crippen LogP contribution in [-0.4, -0.2) is 6.04 Å². The molecule has 1 heterocycles. The summed E-state index contributed by atoms with van der Waals surface area (Å²) in [5.41, 5.74) is 3.01. The van der Waals surface area contributed by atoms with E-state index in [9.17, 15) is 0 Å². The zero-order chi connectivity index (χ0) is 11.5. The van der Waals surface area contributed by atoms with Crippen LogP contribution in [0.2, 0.25) is 0 Å². The molecule has 0 radical (unpaired) electrons. The second-order valence-corrected chi connectivity index (χ2v) is 6.15. The number of rotatable bonds is 6. The van der Waals surface area contributed by atoms with E-state index in [2.05, 4.69) is 31.4 Å². The number of aryl methyl sites for hydroxylation is 1. The lowest BCUT2D eigenvalue weighted by Crippen LogP contribution is -2.42. The Labute approximate surface area is 102 Å². The molecular weight excluding hydrogens is 216 g/mol. The SMILES string of the molecule is CCc1ccc(CC(NN)C(C)C2CC2)s1. The first-order chi connectivity index (χ1) is 7.74. The molecule has 1 aliphatic rings. The lowest BCUT2D eigenvalue weighted by atomic mass is 9.94. The molecule has 0 bridgehead atoms.